The number of alkyl carbamates (subject to hydrolysis) is 2. The molecule has 0 bridgehead atoms. The van der Waals surface area contributed by atoms with Crippen molar-refractivity contribution >= 4 is 18.1 Å². The van der Waals surface area contributed by atoms with E-state index in [0.717, 1.165) is 54.7 Å². The normalized spacial score (nSPS) is 19.2. The Kier molecular flexibility index (Phi) is 13.6. The van der Waals surface area contributed by atoms with Crippen LogP contribution < -0.4 is 10.6 Å². The molecule has 4 aromatic rings. The van der Waals surface area contributed by atoms with Crippen molar-refractivity contribution < 1.29 is 46.5 Å². The number of H-pyrrole nitrogens is 2. The van der Waals surface area contributed by atoms with E-state index in [-0.39, 0.29) is 41.8 Å². The van der Waals surface area contributed by atoms with Crippen LogP contribution in [0.5, 0.6) is 0 Å². The van der Waals surface area contributed by atoms with Crippen molar-refractivity contribution in [2.45, 2.75) is 82.1 Å². The highest BCUT2D eigenvalue weighted by molar-refractivity contribution is 5.87. The highest BCUT2D eigenvalue weighted by Crippen LogP contribution is 2.40. The van der Waals surface area contributed by atoms with E-state index in [1.807, 2.05) is 31.2 Å². The zero-order chi connectivity index (χ0) is 42.4. The van der Waals surface area contributed by atoms with Crippen molar-refractivity contribution in [3.05, 3.63) is 72.1 Å². The standard InChI is InChI=1S/C41H51F3N8O7/c1-23(56-3)30(47-39(54)58-5)22-51-19-7-9-31(51)36-45-21-29(46-36)27-15-11-25(12-16-27)26-13-17-28(18-14-26)34-35(41(42,43)44)50-37(48-34)32-10-8-20-52(32)38(53)33(24(2)57-4)49-40(55)59-6/h11-18,21,23-24,30-33H,7-10,19-20,22H2,1-6H3,(H,45,46)(H,47,54)(H,48,50)(H,49,55)/t23-,24-,30+,31+,32+,33+/m1/s1. The summed E-state index contributed by atoms with van der Waals surface area (Å²) in [4.78, 5) is 56.5. The summed E-state index contributed by atoms with van der Waals surface area (Å²) in [5.74, 6) is 0.310. The van der Waals surface area contributed by atoms with Crippen LogP contribution in [0.3, 0.4) is 0 Å². The number of likely N-dealkylation sites (tertiary alicyclic amines) is 2. The number of aromatic nitrogens is 4. The van der Waals surface area contributed by atoms with Gasteiger partial charge < -0.3 is 44.4 Å². The van der Waals surface area contributed by atoms with Crippen molar-refractivity contribution in [1.82, 2.24) is 40.4 Å². The van der Waals surface area contributed by atoms with Crippen LogP contribution in [-0.4, -0.2) is 120 Å². The number of alkyl halides is 3. The van der Waals surface area contributed by atoms with Crippen LogP contribution in [0.4, 0.5) is 22.8 Å². The van der Waals surface area contributed by atoms with Crippen LogP contribution >= 0.6 is 0 Å². The lowest BCUT2D eigenvalue weighted by atomic mass is 10.0. The lowest BCUT2D eigenvalue weighted by Crippen LogP contribution is -2.54. The van der Waals surface area contributed by atoms with Crippen LogP contribution in [0.15, 0.2) is 54.7 Å². The number of nitrogens with one attached hydrogen (secondary N) is 4. The molecule has 6 atom stereocenters. The van der Waals surface area contributed by atoms with Gasteiger partial charge in [0.2, 0.25) is 5.91 Å². The molecule has 6 rings (SSSR count). The quantitative estimate of drug-likeness (QED) is 0.110. The van der Waals surface area contributed by atoms with Gasteiger partial charge in [0.25, 0.3) is 0 Å². The number of nitrogens with zero attached hydrogens (tertiary/aromatic N) is 4. The zero-order valence-electron chi connectivity index (χ0n) is 33.9. The summed E-state index contributed by atoms with van der Waals surface area (Å²) in [6.07, 6.45) is -2.49. The maximum Gasteiger partial charge on any atom is 0.433 e. The molecule has 2 aliphatic rings. The van der Waals surface area contributed by atoms with E-state index in [1.165, 1.54) is 19.1 Å². The first-order valence-corrected chi connectivity index (χ1v) is 19.5. The van der Waals surface area contributed by atoms with E-state index < -0.39 is 48.2 Å². The Morgan fingerprint density at radius 2 is 1.36 bits per heavy atom. The van der Waals surface area contributed by atoms with Crippen molar-refractivity contribution in [3.8, 4) is 33.6 Å². The Hall–Kier alpha value is -5.46. The Labute approximate surface area is 340 Å². The second-order valence-electron chi connectivity index (χ2n) is 14.8. The zero-order valence-corrected chi connectivity index (χ0v) is 33.9. The van der Waals surface area contributed by atoms with E-state index >= 15 is 0 Å². The third-order valence-corrected chi connectivity index (χ3v) is 11.2. The number of carbonyl (C=O) groups is 3. The molecular weight excluding hydrogens is 773 g/mol. The molecule has 3 amide bonds. The minimum Gasteiger partial charge on any atom is -0.453 e. The lowest BCUT2D eigenvalue weighted by Gasteiger charge is -2.31. The second kappa shape index (κ2) is 18.6. The maximum atomic E-state index is 14.5. The van der Waals surface area contributed by atoms with Crippen LogP contribution in [0, 0.1) is 0 Å². The van der Waals surface area contributed by atoms with Crippen LogP contribution in [0.2, 0.25) is 0 Å². The minimum absolute atomic E-state index is 0.00258. The molecular formula is C41H51F3N8O7. The molecule has 2 aromatic carbocycles. The summed E-state index contributed by atoms with van der Waals surface area (Å²) < 4.78 is 63.7. The summed E-state index contributed by atoms with van der Waals surface area (Å²) in [5, 5.41) is 5.36. The summed E-state index contributed by atoms with van der Waals surface area (Å²) in [5.41, 5.74) is 2.36. The molecule has 4 N–H and O–H groups in total. The van der Waals surface area contributed by atoms with Gasteiger partial charge in [-0.2, -0.15) is 13.2 Å². The molecule has 2 aliphatic heterocycles. The number of halogens is 3. The topological polar surface area (TPSA) is 176 Å². The van der Waals surface area contributed by atoms with E-state index in [0.29, 0.717) is 19.4 Å². The fraction of sp³-hybridized carbons (Fsp3) is 0.488. The molecule has 0 radical (unpaired) electrons. The number of ether oxygens (including phenoxy) is 4. The molecule has 59 heavy (non-hydrogen) atoms. The molecule has 15 nitrogen and oxygen atoms in total. The number of hydrogen-bond acceptors (Lipinski definition) is 10. The number of amides is 3. The second-order valence-corrected chi connectivity index (χ2v) is 14.8. The van der Waals surface area contributed by atoms with E-state index in [1.54, 1.807) is 44.5 Å². The van der Waals surface area contributed by atoms with Gasteiger partial charge in [-0.1, -0.05) is 48.5 Å². The average molecular weight is 825 g/mol. The number of carbonyl (C=O) groups excluding carboxylic acids is 3. The van der Waals surface area contributed by atoms with Gasteiger partial charge in [-0.05, 0) is 62.8 Å². The molecule has 18 heteroatoms. The number of imidazole rings is 2. The monoisotopic (exact) mass is 824 g/mol. The van der Waals surface area contributed by atoms with Gasteiger partial charge in [-0.15, -0.1) is 0 Å². The number of rotatable bonds is 14. The molecule has 2 aromatic heterocycles. The Bertz CT molecular complexity index is 2060. The van der Waals surface area contributed by atoms with Crippen molar-refractivity contribution in [2.24, 2.45) is 0 Å². The van der Waals surface area contributed by atoms with Gasteiger partial charge >= 0.3 is 18.4 Å². The minimum atomic E-state index is -4.75. The third kappa shape index (κ3) is 9.71. The highest BCUT2D eigenvalue weighted by Gasteiger charge is 2.42. The van der Waals surface area contributed by atoms with Gasteiger partial charge in [0.05, 0.1) is 56.4 Å². The first-order valence-electron chi connectivity index (χ1n) is 19.5. The molecule has 4 heterocycles. The highest BCUT2D eigenvalue weighted by atomic mass is 19.4. The largest absolute Gasteiger partial charge is 0.453 e. The van der Waals surface area contributed by atoms with Gasteiger partial charge in [0, 0.05) is 32.9 Å². The SMILES string of the molecule is COC(=O)N[C@@H](CN1CCC[C@H]1c1ncc(-c2ccc(-c3ccc(-c4nc([C@@H]5CCCN5C(=O)[C@@H](NC(=O)OC)[C@@H](C)OC)[nH]c4C(F)(F)F)cc3)cc2)[nH]1)[C@@H](C)OC. The fourth-order valence-corrected chi connectivity index (χ4v) is 7.77. The Balaban J connectivity index is 1.17. The van der Waals surface area contributed by atoms with Crippen LogP contribution in [0.25, 0.3) is 33.6 Å². The summed E-state index contributed by atoms with van der Waals surface area (Å²) in [6, 6.07) is 12.3. The number of methoxy groups -OCH3 is 4. The van der Waals surface area contributed by atoms with Crippen molar-refractivity contribution in [2.75, 3.05) is 48.1 Å². The maximum absolute atomic E-state index is 14.5. The van der Waals surface area contributed by atoms with E-state index in [9.17, 15) is 27.6 Å². The molecule has 2 saturated heterocycles. The summed E-state index contributed by atoms with van der Waals surface area (Å²) in [6.45, 7) is 5.17. The molecule has 0 unspecified atom stereocenters. The van der Waals surface area contributed by atoms with Crippen LogP contribution in [-0.2, 0) is 29.9 Å². The molecule has 2 fully saturated rings. The molecule has 0 aliphatic carbocycles. The first kappa shape index (κ1) is 43.1. The Morgan fingerprint density at radius 3 is 1.97 bits per heavy atom. The van der Waals surface area contributed by atoms with E-state index in [4.69, 9.17) is 19.2 Å². The smallest absolute Gasteiger partial charge is 0.433 e. The lowest BCUT2D eigenvalue weighted by molar-refractivity contribution is -0.140. The number of benzene rings is 2. The van der Waals surface area contributed by atoms with Gasteiger partial charge in [-0.25, -0.2) is 19.6 Å². The fourth-order valence-electron chi connectivity index (χ4n) is 7.77. The first-order chi connectivity index (χ1) is 28.3. The number of aromatic amines is 2. The van der Waals surface area contributed by atoms with Gasteiger partial charge in [0.15, 0.2) is 0 Å². The molecule has 0 saturated carbocycles. The number of hydrogen-bond donors (Lipinski definition) is 4. The average Bonchev–Trinajstić information content (AvgIpc) is 4.08. The van der Waals surface area contributed by atoms with Crippen LogP contribution in [0.1, 0.15) is 69.0 Å². The summed E-state index contributed by atoms with van der Waals surface area (Å²) in [7, 11) is 5.49. The molecule has 318 valence electrons. The van der Waals surface area contributed by atoms with Gasteiger partial charge in [-0.3, -0.25) is 9.69 Å². The van der Waals surface area contributed by atoms with Crippen molar-refractivity contribution in [1.29, 1.82) is 0 Å². The predicted molar refractivity (Wildman–Crippen MR) is 211 cm³/mol. The molecule has 0 spiro atoms. The third-order valence-electron chi connectivity index (χ3n) is 11.2. The van der Waals surface area contributed by atoms with Gasteiger partial charge in [0.1, 0.15) is 29.1 Å². The summed E-state index contributed by atoms with van der Waals surface area (Å²) >= 11 is 0. The Morgan fingerprint density at radius 1 is 0.780 bits per heavy atom. The van der Waals surface area contributed by atoms with Crippen molar-refractivity contribution in [3.63, 3.8) is 0 Å². The predicted octanol–water partition coefficient (Wildman–Crippen LogP) is 6.47. The van der Waals surface area contributed by atoms with E-state index in [2.05, 4.69) is 35.2 Å².